The van der Waals surface area contributed by atoms with Crippen LogP contribution in [-0.2, 0) is 14.3 Å². The SMILES string of the molecule is CC(C)O[C@H]1CC[C@H]2[C@@H]3CCC4=CC(=O)NCC[C@]4(C)[C@H]3NC(=O)C[C@]12C. The molecule has 27 heavy (non-hydrogen) atoms. The van der Waals surface area contributed by atoms with Gasteiger partial charge < -0.3 is 15.4 Å². The van der Waals surface area contributed by atoms with E-state index in [0.717, 1.165) is 32.1 Å². The number of hydrogen-bond donors (Lipinski definition) is 2. The minimum Gasteiger partial charge on any atom is -0.375 e. The van der Waals surface area contributed by atoms with Gasteiger partial charge in [-0.3, -0.25) is 9.59 Å². The van der Waals surface area contributed by atoms with Gasteiger partial charge >= 0.3 is 0 Å². The zero-order valence-electron chi connectivity index (χ0n) is 17.1. The maximum absolute atomic E-state index is 13.0. The van der Waals surface area contributed by atoms with Crippen molar-refractivity contribution >= 4 is 11.8 Å². The molecule has 4 aliphatic rings. The van der Waals surface area contributed by atoms with Gasteiger partial charge in [-0.1, -0.05) is 19.4 Å². The average molecular weight is 375 g/mol. The minimum atomic E-state index is -0.139. The third kappa shape index (κ3) is 3.02. The zero-order valence-corrected chi connectivity index (χ0v) is 17.1. The Morgan fingerprint density at radius 1 is 1.19 bits per heavy atom. The predicted octanol–water partition coefficient (Wildman–Crippen LogP) is 2.95. The van der Waals surface area contributed by atoms with Crippen LogP contribution in [0.25, 0.3) is 0 Å². The summed E-state index contributed by atoms with van der Waals surface area (Å²) in [5.41, 5.74) is 0.986. The molecule has 0 aromatic rings. The highest BCUT2D eigenvalue weighted by Gasteiger charge is 2.59. The van der Waals surface area contributed by atoms with Gasteiger partial charge in [0, 0.05) is 35.9 Å². The normalized spacial score (nSPS) is 44.3. The summed E-state index contributed by atoms with van der Waals surface area (Å²) in [7, 11) is 0. The summed E-state index contributed by atoms with van der Waals surface area (Å²) in [6.45, 7) is 9.39. The van der Waals surface area contributed by atoms with E-state index >= 15 is 0 Å². The maximum atomic E-state index is 13.0. The summed E-state index contributed by atoms with van der Waals surface area (Å²) in [6, 6.07) is 0.113. The van der Waals surface area contributed by atoms with E-state index in [2.05, 4.69) is 38.3 Å². The molecule has 1 saturated heterocycles. The van der Waals surface area contributed by atoms with Crippen LogP contribution in [0.15, 0.2) is 11.6 Å². The lowest BCUT2D eigenvalue weighted by molar-refractivity contribution is -0.127. The predicted molar refractivity (Wildman–Crippen MR) is 104 cm³/mol. The van der Waals surface area contributed by atoms with E-state index in [1.807, 2.05) is 0 Å². The molecule has 0 aromatic carbocycles. The van der Waals surface area contributed by atoms with Crippen molar-refractivity contribution in [1.29, 1.82) is 0 Å². The fourth-order valence-electron chi connectivity index (χ4n) is 6.65. The van der Waals surface area contributed by atoms with E-state index in [-0.39, 0.29) is 40.9 Å². The second-order valence-corrected chi connectivity index (χ2v) is 9.92. The number of amides is 2. The van der Waals surface area contributed by atoms with E-state index in [0.29, 0.717) is 24.8 Å². The second kappa shape index (κ2) is 6.61. The Morgan fingerprint density at radius 2 is 1.96 bits per heavy atom. The highest BCUT2D eigenvalue weighted by Crippen LogP contribution is 2.59. The van der Waals surface area contributed by atoms with Crippen molar-refractivity contribution in [3.05, 3.63) is 11.6 Å². The fourth-order valence-corrected chi connectivity index (χ4v) is 6.65. The van der Waals surface area contributed by atoms with E-state index in [1.54, 1.807) is 6.08 Å². The molecule has 2 amide bonds. The Bertz CT molecular complexity index is 672. The smallest absolute Gasteiger partial charge is 0.243 e. The molecule has 0 aromatic heterocycles. The average Bonchev–Trinajstić information content (AvgIpc) is 2.72. The Morgan fingerprint density at radius 3 is 2.70 bits per heavy atom. The van der Waals surface area contributed by atoms with Gasteiger partial charge in [-0.05, 0) is 57.8 Å². The van der Waals surface area contributed by atoms with Crippen LogP contribution in [0.1, 0.15) is 66.2 Å². The quantitative estimate of drug-likeness (QED) is 0.781. The molecule has 0 unspecified atom stereocenters. The van der Waals surface area contributed by atoms with Gasteiger partial charge in [0.15, 0.2) is 0 Å². The van der Waals surface area contributed by atoms with Crippen LogP contribution in [0.3, 0.4) is 0 Å². The van der Waals surface area contributed by atoms with Crippen molar-refractivity contribution in [3.63, 3.8) is 0 Å². The lowest BCUT2D eigenvalue weighted by atomic mass is 9.57. The third-order valence-corrected chi connectivity index (χ3v) is 7.98. The van der Waals surface area contributed by atoms with E-state index in [9.17, 15) is 9.59 Å². The molecule has 150 valence electrons. The molecule has 2 aliphatic heterocycles. The summed E-state index contributed by atoms with van der Waals surface area (Å²) in [5.74, 6) is 1.12. The van der Waals surface area contributed by atoms with Gasteiger partial charge in [-0.25, -0.2) is 0 Å². The van der Waals surface area contributed by atoms with Crippen LogP contribution in [0.4, 0.5) is 0 Å². The molecule has 5 nitrogen and oxygen atoms in total. The number of carbonyl (C=O) groups is 2. The minimum absolute atomic E-state index is 0.0169. The molecule has 5 heteroatoms. The Labute approximate surface area is 162 Å². The van der Waals surface area contributed by atoms with Gasteiger partial charge in [0.1, 0.15) is 0 Å². The number of rotatable bonds is 2. The van der Waals surface area contributed by atoms with Crippen LogP contribution < -0.4 is 10.6 Å². The molecular formula is C22H34N2O3. The largest absolute Gasteiger partial charge is 0.375 e. The monoisotopic (exact) mass is 374 g/mol. The van der Waals surface area contributed by atoms with Gasteiger partial charge in [0.2, 0.25) is 11.8 Å². The lowest BCUT2D eigenvalue weighted by Gasteiger charge is -2.50. The first-order chi connectivity index (χ1) is 12.7. The van der Waals surface area contributed by atoms with Crippen LogP contribution in [-0.4, -0.2) is 36.6 Å². The molecule has 2 aliphatic carbocycles. The highest BCUT2D eigenvalue weighted by molar-refractivity contribution is 5.89. The topological polar surface area (TPSA) is 67.4 Å². The standard InChI is InChI=1S/C22H34N2O3/c1-13(2)27-17-8-7-16-15-6-5-14-11-18(25)23-10-9-21(14,3)20(15)24-19(26)12-22(16,17)4/h11,13,15-17,20H,5-10,12H2,1-4H3,(H,23,25)(H,24,26)/t15-,16-,17-,20-,21-,22-/m0/s1. The summed E-state index contributed by atoms with van der Waals surface area (Å²) in [6.07, 6.45) is 7.79. The van der Waals surface area contributed by atoms with Gasteiger partial charge in [0.25, 0.3) is 0 Å². The molecule has 2 heterocycles. The Hall–Kier alpha value is -1.36. The van der Waals surface area contributed by atoms with Gasteiger partial charge in [0.05, 0.1) is 12.2 Å². The van der Waals surface area contributed by atoms with Crippen LogP contribution in [0.2, 0.25) is 0 Å². The maximum Gasteiger partial charge on any atom is 0.243 e. The zero-order chi connectivity index (χ0) is 19.4. The van der Waals surface area contributed by atoms with E-state index in [1.165, 1.54) is 5.57 Å². The number of hydrogen-bond acceptors (Lipinski definition) is 3. The molecular weight excluding hydrogens is 340 g/mol. The first kappa shape index (κ1) is 19.0. The van der Waals surface area contributed by atoms with E-state index < -0.39 is 0 Å². The first-order valence-corrected chi connectivity index (χ1v) is 10.7. The molecule has 0 spiro atoms. The first-order valence-electron chi connectivity index (χ1n) is 10.7. The van der Waals surface area contributed by atoms with Gasteiger partial charge in [-0.2, -0.15) is 0 Å². The molecule has 2 N–H and O–H groups in total. The number of carbonyl (C=O) groups excluding carboxylic acids is 2. The Kier molecular flexibility index (Phi) is 4.65. The summed E-state index contributed by atoms with van der Waals surface area (Å²) in [5, 5.41) is 6.40. The lowest BCUT2D eigenvalue weighted by Crippen LogP contribution is -2.54. The van der Waals surface area contributed by atoms with Crippen molar-refractivity contribution in [2.45, 2.75) is 84.5 Å². The van der Waals surface area contributed by atoms with Crippen molar-refractivity contribution in [1.82, 2.24) is 10.6 Å². The third-order valence-electron chi connectivity index (χ3n) is 7.98. The number of fused-ring (bicyclic) bond motifs is 5. The molecule has 6 atom stereocenters. The van der Waals surface area contributed by atoms with Crippen molar-refractivity contribution in [2.75, 3.05) is 6.54 Å². The Balaban J connectivity index is 1.70. The molecule has 0 bridgehead atoms. The molecule has 3 fully saturated rings. The van der Waals surface area contributed by atoms with Crippen molar-refractivity contribution < 1.29 is 14.3 Å². The van der Waals surface area contributed by atoms with Crippen LogP contribution >= 0.6 is 0 Å². The molecule has 4 rings (SSSR count). The highest BCUT2D eigenvalue weighted by atomic mass is 16.5. The number of nitrogens with one attached hydrogen (secondary N) is 2. The molecule has 2 saturated carbocycles. The molecule has 0 radical (unpaired) electrons. The van der Waals surface area contributed by atoms with Crippen molar-refractivity contribution in [2.24, 2.45) is 22.7 Å². The second-order valence-electron chi connectivity index (χ2n) is 9.92. The fraction of sp³-hybridized carbons (Fsp3) is 0.818. The van der Waals surface area contributed by atoms with E-state index in [4.69, 9.17) is 4.74 Å². The summed E-state index contributed by atoms with van der Waals surface area (Å²) < 4.78 is 6.29. The van der Waals surface area contributed by atoms with Crippen LogP contribution in [0, 0.1) is 22.7 Å². The number of ether oxygens (including phenoxy) is 1. The van der Waals surface area contributed by atoms with Crippen molar-refractivity contribution in [3.8, 4) is 0 Å². The van der Waals surface area contributed by atoms with Gasteiger partial charge in [-0.15, -0.1) is 0 Å². The van der Waals surface area contributed by atoms with Crippen LogP contribution in [0.5, 0.6) is 0 Å². The summed E-state index contributed by atoms with van der Waals surface area (Å²) in [4.78, 5) is 25.1. The summed E-state index contributed by atoms with van der Waals surface area (Å²) >= 11 is 0.